The molecule has 0 aliphatic carbocycles. The zero-order valence-corrected chi connectivity index (χ0v) is 9.07. The van der Waals surface area contributed by atoms with E-state index in [-0.39, 0.29) is 11.4 Å². The van der Waals surface area contributed by atoms with E-state index in [0.717, 1.165) is 0 Å². The summed E-state index contributed by atoms with van der Waals surface area (Å²) >= 11 is 0. The van der Waals surface area contributed by atoms with Crippen LogP contribution in [0.5, 0.6) is 5.75 Å². The third kappa shape index (κ3) is 1.46. The molecule has 2 rings (SSSR count). The predicted molar refractivity (Wildman–Crippen MR) is 60.2 cm³/mol. The lowest BCUT2D eigenvalue weighted by atomic mass is 10.2. The number of fused-ring (bicyclic) bond motifs is 1. The second kappa shape index (κ2) is 3.63. The lowest BCUT2D eigenvalue weighted by molar-refractivity contribution is 0.453. The Morgan fingerprint density at radius 3 is 2.69 bits per heavy atom. The Hall–Kier alpha value is -1.84. The number of pyridine rings is 1. The smallest absolute Gasteiger partial charge is 0.293 e. The Kier molecular flexibility index (Phi) is 2.42. The van der Waals surface area contributed by atoms with Crippen molar-refractivity contribution in [2.24, 2.45) is 0 Å². The predicted octanol–water partition coefficient (Wildman–Crippen LogP) is 2.43. The van der Waals surface area contributed by atoms with Crippen LogP contribution in [0.15, 0.2) is 29.1 Å². The van der Waals surface area contributed by atoms with Gasteiger partial charge in [0.15, 0.2) is 5.75 Å². The number of aromatic hydroxyl groups is 1. The van der Waals surface area contributed by atoms with Crippen molar-refractivity contribution in [2.45, 2.75) is 19.9 Å². The SMILES string of the molecule is CC(C)n1c(=O)c(O)cc2c(F)cccc21. The molecular formula is C12H12FNO2. The highest BCUT2D eigenvalue weighted by Crippen LogP contribution is 2.21. The summed E-state index contributed by atoms with van der Waals surface area (Å²) in [6.45, 7) is 3.62. The molecule has 4 heteroatoms. The van der Waals surface area contributed by atoms with E-state index in [1.54, 1.807) is 12.1 Å². The number of rotatable bonds is 1. The first-order valence-corrected chi connectivity index (χ1v) is 5.05. The van der Waals surface area contributed by atoms with Gasteiger partial charge in [-0.25, -0.2) is 4.39 Å². The molecule has 1 heterocycles. The highest BCUT2D eigenvalue weighted by molar-refractivity contribution is 5.81. The zero-order chi connectivity index (χ0) is 11.9. The molecule has 1 aromatic carbocycles. The minimum absolute atomic E-state index is 0.135. The minimum Gasteiger partial charge on any atom is -0.503 e. The monoisotopic (exact) mass is 221 g/mol. The number of hydrogen-bond acceptors (Lipinski definition) is 2. The van der Waals surface area contributed by atoms with Crippen LogP contribution in [0, 0.1) is 5.82 Å². The molecule has 0 aliphatic heterocycles. The van der Waals surface area contributed by atoms with Gasteiger partial charge in [0.05, 0.1) is 5.52 Å². The first-order chi connectivity index (χ1) is 7.52. The molecule has 0 saturated heterocycles. The lowest BCUT2D eigenvalue weighted by Crippen LogP contribution is -2.21. The molecule has 0 radical (unpaired) electrons. The molecule has 84 valence electrons. The maximum atomic E-state index is 13.5. The topological polar surface area (TPSA) is 42.2 Å². The lowest BCUT2D eigenvalue weighted by Gasteiger charge is -2.14. The van der Waals surface area contributed by atoms with Crippen LogP contribution in [0.1, 0.15) is 19.9 Å². The number of hydrogen-bond donors (Lipinski definition) is 1. The summed E-state index contributed by atoms with van der Waals surface area (Å²) in [5, 5.41) is 9.73. The third-order valence-electron chi connectivity index (χ3n) is 2.52. The quantitative estimate of drug-likeness (QED) is 0.803. The molecule has 0 amide bonds. The molecule has 0 unspecified atom stereocenters. The molecule has 1 aromatic heterocycles. The molecule has 0 saturated carbocycles. The van der Waals surface area contributed by atoms with Crippen LogP contribution in [0.4, 0.5) is 4.39 Å². The van der Waals surface area contributed by atoms with Gasteiger partial charge in [-0.3, -0.25) is 4.79 Å². The summed E-state index contributed by atoms with van der Waals surface area (Å²) in [5.74, 6) is -0.867. The van der Waals surface area contributed by atoms with Gasteiger partial charge in [-0.2, -0.15) is 0 Å². The number of halogens is 1. The summed E-state index contributed by atoms with van der Waals surface area (Å²) < 4.78 is 14.9. The fourth-order valence-electron chi connectivity index (χ4n) is 1.82. The normalized spacial score (nSPS) is 11.2. The van der Waals surface area contributed by atoms with E-state index in [2.05, 4.69) is 0 Å². The van der Waals surface area contributed by atoms with Crippen LogP contribution in [-0.4, -0.2) is 9.67 Å². The van der Waals surface area contributed by atoms with E-state index in [0.29, 0.717) is 5.52 Å². The first kappa shape index (κ1) is 10.7. The van der Waals surface area contributed by atoms with Crippen molar-refractivity contribution < 1.29 is 9.50 Å². The molecular weight excluding hydrogens is 209 g/mol. The van der Waals surface area contributed by atoms with E-state index in [1.165, 1.54) is 16.7 Å². The average Bonchev–Trinajstić information content (AvgIpc) is 2.21. The Bertz CT molecular complexity index is 602. The maximum Gasteiger partial charge on any atom is 0.293 e. The summed E-state index contributed by atoms with van der Waals surface area (Å²) in [6.07, 6.45) is 0. The van der Waals surface area contributed by atoms with Crippen LogP contribution in [0.25, 0.3) is 10.9 Å². The third-order valence-corrected chi connectivity index (χ3v) is 2.52. The van der Waals surface area contributed by atoms with Gasteiger partial charge >= 0.3 is 0 Å². The van der Waals surface area contributed by atoms with E-state index in [9.17, 15) is 14.3 Å². The average molecular weight is 221 g/mol. The van der Waals surface area contributed by atoms with Crippen molar-refractivity contribution in [1.29, 1.82) is 0 Å². The summed E-state index contributed by atoms with van der Waals surface area (Å²) in [6, 6.07) is 5.55. The standard InChI is InChI=1S/C12H12FNO2/c1-7(2)14-10-5-3-4-9(13)8(10)6-11(15)12(14)16/h3-7,15H,1-2H3. The second-order valence-corrected chi connectivity index (χ2v) is 3.97. The van der Waals surface area contributed by atoms with Gasteiger partial charge in [-0.05, 0) is 32.0 Å². The van der Waals surface area contributed by atoms with E-state index >= 15 is 0 Å². The molecule has 0 aliphatic rings. The fourth-order valence-corrected chi connectivity index (χ4v) is 1.82. The van der Waals surface area contributed by atoms with Crippen molar-refractivity contribution >= 4 is 10.9 Å². The first-order valence-electron chi connectivity index (χ1n) is 5.05. The Labute approximate surface area is 91.8 Å². The van der Waals surface area contributed by atoms with Gasteiger partial charge in [0.2, 0.25) is 0 Å². The highest BCUT2D eigenvalue weighted by Gasteiger charge is 2.12. The van der Waals surface area contributed by atoms with E-state index < -0.39 is 17.1 Å². The van der Waals surface area contributed by atoms with Gasteiger partial charge in [0.1, 0.15) is 5.82 Å². The second-order valence-electron chi connectivity index (χ2n) is 3.97. The van der Waals surface area contributed by atoms with Crippen LogP contribution < -0.4 is 5.56 Å². The Morgan fingerprint density at radius 1 is 1.38 bits per heavy atom. The van der Waals surface area contributed by atoms with Crippen LogP contribution in [-0.2, 0) is 0 Å². The molecule has 0 atom stereocenters. The Balaban J connectivity index is 3.01. The van der Waals surface area contributed by atoms with Crippen molar-refractivity contribution in [3.63, 3.8) is 0 Å². The Morgan fingerprint density at radius 2 is 2.06 bits per heavy atom. The van der Waals surface area contributed by atoms with Crippen LogP contribution in [0.3, 0.4) is 0 Å². The number of benzene rings is 1. The summed E-state index contributed by atoms with van der Waals surface area (Å²) in [7, 11) is 0. The minimum atomic E-state index is -0.492. The van der Waals surface area contributed by atoms with Gasteiger partial charge in [0.25, 0.3) is 5.56 Å². The highest BCUT2D eigenvalue weighted by atomic mass is 19.1. The largest absolute Gasteiger partial charge is 0.503 e. The summed E-state index contributed by atoms with van der Waals surface area (Å²) in [4.78, 5) is 11.7. The number of aromatic nitrogens is 1. The maximum absolute atomic E-state index is 13.5. The molecule has 16 heavy (non-hydrogen) atoms. The summed E-state index contributed by atoms with van der Waals surface area (Å²) in [5.41, 5.74) is 0.00546. The van der Waals surface area contributed by atoms with E-state index in [4.69, 9.17) is 0 Å². The van der Waals surface area contributed by atoms with Crippen molar-refractivity contribution in [3.8, 4) is 5.75 Å². The van der Waals surface area contributed by atoms with Gasteiger partial charge in [0, 0.05) is 11.4 Å². The fraction of sp³-hybridized carbons (Fsp3) is 0.250. The van der Waals surface area contributed by atoms with Crippen molar-refractivity contribution in [3.05, 3.63) is 40.4 Å². The van der Waals surface area contributed by atoms with Crippen molar-refractivity contribution in [2.75, 3.05) is 0 Å². The van der Waals surface area contributed by atoms with Crippen molar-refractivity contribution in [1.82, 2.24) is 4.57 Å². The van der Waals surface area contributed by atoms with Crippen LogP contribution >= 0.6 is 0 Å². The zero-order valence-electron chi connectivity index (χ0n) is 9.07. The molecule has 0 spiro atoms. The van der Waals surface area contributed by atoms with E-state index in [1.807, 2.05) is 13.8 Å². The van der Waals surface area contributed by atoms with Crippen LogP contribution in [0.2, 0.25) is 0 Å². The van der Waals surface area contributed by atoms with Gasteiger partial charge in [-0.1, -0.05) is 6.07 Å². The van der Waals surface area contributed by atoms with Gasteiger partial charge in [-0.15, -0.1) is 0 Å². The number of nitrogens with zero attached hydrogens (tertiary/aromatic N) is 1. The molecule has 2 aromatic rings. The molecule has 0 fully saturated rings. The van der Waals surface area contributed by atoms with Gasteiger partial charge < -0.3 is 9.67 Å². The molecule has 0 bridgehead atoms. The molecule has 1 N–H and O–H groups in total. The molecule has 3 nitrogen and oxygen atoms in total.